The van der Waals surface area contributed by atoms with Gasteiger partial charge in [-0.2, -0.15) is 5.10 Å². The molecule has 7 nitrogen and oxygen atoms in total. The molecule has 1 atom stereocenters. The molecule has 1 unspecified atom stereocenters. The van der Waals surface area contributed by atoms with Crippen LogP contribution < -0.4 is 15.8 Å². The monoisotopic (exact) mass is 454 g/mol. The molecule has 0 saturated heterocycles. The quantitative estimate of drug-likeness (QED) is 0.637. The van der Waals surface area contributed by atoms with Crippen LogP contribution in [0.2, 0.25) is 5.02 Å². The number of nitrogens with zero attached hydrogens (tertiary/aromatic N) is 3. The van der Waals surface area contributed by atoms with E-state index in [0.29, 0.717) is 0 Å². The summed E-state index contributed by atoms with van der Waals surface area (Å²) in [6.07, 6.45) is 0.610. The average Bonchev–Trinajstić information content (AvgIpc) is 3.10. The minimum Gasteiger partial charge on any atom is -0.324 e. The second kappa shape index (κ2) is 8.92. The summed E-state index contributed by atoms with van der Waals surface area (Å²) in [5, 5.41) is 6.82. The number of nitrogens with one attached hydrogen (secondary N) is 1. The molecule has 0 saturated carbocycles. The van der Waals surface area contributed by atoms with Crippen LogP contribution in [-0.2, 0) is 17.8 Å². The van der Waals surface area contributed by atoms with Crippen LogP contribution >= 0.6 is 11.6 Å². The Morgan fingerprint density at radius 2 is 1.97 bits per heavy atom. The van der Waals surface area contributed by atoms with Crippen LogP contribution in [0.5, 0.6) is 0 Å². The van der Waals surface area contributed by atoms with E-state index >= 15 is 0 Å². The topological polar surface area (TPSA) is 84.3 Å². The summed E-state index contributed by atoms with van der Waals surface area (Å²) >= 11 is 5.71. The normalized spacial score (nSPS) is 14.8. The highest BCUT2D eigenvalue weighted by Crippen LogP contribution is 2.32. The summed E-state index contributed by atoms with van der Waals surface area (Å²) in [6.45, 7) is 1.89. The molecule has 4 rings (SSSR count). The Balaban J connectivity index is 1.48. The number of rotatable bonds is 5. The molecule has 0 aliphatic carbocycles. The van der Waals surface area contributed by atoms with Crippen LogP contribution in [0, 0.1) is 5.82 Å². The zero-order valence-corrected chi connectivity index (χ0v) is 18.0. The molecule has 0 radical (unpaired) electrons. The summed E-state index contributed by atoms with van der Waals surface area (Å²) in [4.78, 5) is 39.2. The van der Waals surface area contributed by atoms with Gasteiger partial charge in [-0.15, -0.1) is 0 Å². The van der Waals surface area contributed by atoms with Crippen molar-refractivity contribution >= 4 is 34.8 Å². The maximum atomic E-state index is 13.9. The lowest BCUT2D eigenvalue weighted by atomic mass is 10.1. The van der Waals surface area contributed by atoms with Gasteiger partial charge >= 0.3 is 0 Å². The summed E-state index contributed by atoms with van der Waals surface area (Å²) in [5.74, 6) is -1.48. The standard InChI is InChI=1S/C23H20ClFN4O3/c1-14-12-15-4-2-3-5-20(15)29(14)23(32)19-8-9-22(31)28(27-19)11-10-21(30)26-18-7-6-16(24)13-17(18)25/h2-9,13-14H,10-12H2,1H3,(H,26,30). The van der Waals surface area contributed by atoms with Crippen LogP contribution in [0.1, 0.15) is 29.4 Å². The average molecular weight is 455 g/mol. The van der Waals surface area contributed by atoms with E-state index in [4.69, 9.17) is 11.6 Å². The van der Waals surface area contributed by atoms with Crippen molar-refractivity contribution in [1.82, 2.24) is 9.78 Å². The van der Waals surface area contributed by atoms with Crippen LogP contribution in [0.25, 0.3) is 0 Å². The maximum absolute atomic E-state index is 13.9. The SMILES string of the molecule is CC1Cc2ccccc2N1C(=O)c1ccc(=O)n(CCC(=O)Nc2ccc(Cl)cc2F)n1. The second-order valence-corrected chi connectivity index (χ2v) is 8.00. The van der Waals surface area contributed by atoms with Gasteiger partial charge in [0.2, 0.25) is 5.91 Å². The van der Waals surface area contributed by atoms with Crippen molar-refractivity contribution in [1.29, 1.82) is 0 Å². The maximum Gasteiger partial charge on any atom is 0.278 e. The Morgan fingerprint density at radius 3 is 2.75 bits per heavy atom. The minimum absolute atomic E-state index is 0.00896. The Kier molecular flexibility index (Phi) is 6.05. The molecule has 0 fully saturated rings. The first-order chi connectivity index (χ1) is 15.3. The summed E-state index contributed by atoms with van der Waals surface area (Å²) in [6, 6.07) is 14.2. The first-order valence-corrected chi connectivity index (χ1v) is 10.5. The van der Waals surface area contributed by atoms with Gasteiger partial charge in [-0.3, -0.25) is 14.4 Å². The number of hydrogen-bond donors (Lipinski definition) is 1. The van der Waals surface area contributed by atoms with E-state index in [2.05, 4.69) is 10.4 Å². The molecule has 1 aliphatic rings. The summed E-state index contributed by atoms with van der Waals surface area (Å²) < 4.78 is 14.9. The van der Waals surface area contributed by atoms with Crippen molar-refractivity contribution in [3.8, 4) is 0 Å². The number of carbonyl (C=O) groups excluding carboxylic acids is 2. The predicted octanol–water partition coefficient (Wildman–Crippen LogP) is 3.66. The lowest BCUT2D eigenvalue weighted by Gasteiger charge is -2.22. The third-order valence-electron chi connectivity index (χ3n) is 5.27. The number of carbonyl (C=O) groups is 2. The number of halogens is 2. The van der Waals surface area contributed by atoms with Crippen molar-refractivity contribution in [3.05, 3.63) is 87.0 Å². The van der Waals surface area contributed by atoms with E-state index in [-0.39, 0.29) is 41.3 Å². The Bertz CT molecular complexity index is 1260. The van der Waals surface area contributed by atoms with Crippen LogP contribution in [0.4, 0.5) is 15.8 Å². The minimum atomic E-state index is -0.659. The number of benzene rings is 2. The number of hydrogen-bond acceptors (Lipinski definition) is 4. The Hall–Kier alpha value is -3.52. The van der Waals surface area contributed by atoms with Crippen LogP contribution in [-0.4, -0.2) is 27.6 Å². The van der Waals surface area contributed by atoms with Crippen LogP contribution in [0.3, 0.4) is 0 Å². The van der Waals surface area contributed by atoms with Gasteiger partial charge in [0.25, 0.3) is 11.5 Å². The molecule has 1 aromatic heterocycles. The highest BCUT2D eigenvalue weighted by molar-refractivity contribution is 6.30. The van der Waals surface area contributed by atoms with Crippen molar-refractivity contribution < 1.29 is 14.0 Å². The fourth-order valence-electron chi connectivity index (χ4n) is 3.73. The third-order valence-corrected chi connectivity index (χ3v) is 5.50. The van der Waals surface area contributed by atoms with E-state index in [1.807, 2.05) is 31.2 Å². The predicted molar refractivity (Wildman–Crippen MR) is 120 cm³/mol. The number of aryl methyl sites for hydroxylation is 1. The van der Waals surface area contributed by atoms with E-state index in [1.165, 1.54) is 24.3 Å². The van der Waals surface area contributed by atoms with Crippen LogP contribution in [0.15, 0.2) is 59.4 Å². The first-order valence-electron chi connectivity index (χ1n) is 10.1. The third kappa shape index (κ3) is 4.40. The van der Waals surface area contributed by atoms with Gasteiger partial charge in [-0.1, -0.05) is 29.8 Å². The number of anilines is 2. The molecule has 0 spiro atoms. The van der Waals surface area contributed by atoms with Gasteiger partial charge in [0.05, 0.1) is 12.2 Å². The van der Waals surface area contributed by atoms with Crippen molar-refractivity contribution in [2.24, 2.45) is 0 Å². The van der Waals surface area contributed by atoms with Crippen molar-refractivity contribution in [3.63, 3.8) is 0 Å². The van der Waals surface area contributed by atoms with E-state index < -0.39 is 17.3 Å². The number of amides is 2. The number of fused-ring (bicyclic) bond motifs is 1. The lowest BCUT2D eigenvalue weighted by Crippen LogP contribution is -2.37. The Labute approximate surface area is 188 Å². The molecule has 32 heavy (non-hydrogen) atoms. The van der Waals surface area contributed by atoms with Gasteiger partial charge in [0.1, 0.15) is 11.5 Å². The molecule has 2 heterocycles. The molecule has 2 aromatic carbocycles. The number of para-hydroxylation sites is 1. The smallest absolute Gasteiger partial charge is 0.278 e. The lowest BCUT2D eigenvalue weighted by molar-refractivity contribution is -0.116. The fourth-order valence-corrected chi connectivity index (χ4v) is 3.89. The second-order valence-electron chi connectivity index (χ2n) is 7.56. The summed E-state index contributed by atoms with van der Waals surface area (Å²) in [7, 11) is 0. The van der Waals surface area contributed by atoms with Gasteiger partial charge in [0.15, 0.2) is 0 Å². The molecule has 3 aromatic rings. The van der Waals surface area contributed by atoms with Crippen molar-refractivity contribution in [2.75, 3.05) is 10.2 Å². The zero-order valence-electron chi connectivity index (χ0n) is 17.2. The molecular formula is C23H20ClFN4O3. The largest absolute Gasteiger partial charge is 0.324 e. The molecule has 1 aliphatic heterocycles. The van der Waals surface area contributed by atoms with Gasteiger partial charge < -0.3 is 10.2 Å². The first kappa shape index (κ1) is 21.7. The molecular weight excluding hydrogens is 435 g/mol. The van der Waals surface area contributed by atoms with E-state index in [0.717, 1.165) is 28.4 Å². The van der Waals surface area contributed by atoms with Gasteiger partial charge in [0, 0.05) is 29.2 Å². The zero-order chi connectivity index (χ0) is 22.8. The van der Waals surface area contributed by atoms with E-state index in [9.17, 15) is 18.8 Å². The van der Waals surface area contributed by atoms with Gasteiger partial charge in [-0.05, 0) is 49.2 Å². The number of aromatic nitrogens is 2. The highest BCUT2D eigenvalue weighted by Gasteiger charge is 2.32. The molecule has 1 N–H and O–H groups in total. The summed E-state index contributed by atoms with van der Waals surface area (Å²) in [5.41, 5.74) is 1.56. The van der Waals surface area contributed by atoms with E-state index in [1.54, 1.807) is 4.90 Å². The molecule has 2 amide bonds. The molecule has 0 bridgehead atoms. The molecule has 164 valence electrons. The highest BCUT2D eigenvalue weighted by atomic mass is 35.5. The molecule has 9 heteroatoms. The van der Waals surface area contributed by atoms with Crippen molar-refractivity contribution in [2.45, 2.75) is 32.4 Å². The fraction of sp³-hybridized carbons (Fsp3) is 0.217. The Morgan fingerprint density at radius 1 is 1.19 bits per heavy atom. The van der Waals surface area contributed by atoms with Gasteiger partial charge in [-0.25, -0.2) is 9.07 Å².